The van der Waals surface area contributed by atoms with Gasteiger partial charge in [-0.1, -0.05) is 23.7 Å². The molecule has 2 saturated heterocycles. The highest BCUT2D eigenvalue weighted by Gasteiger charge is 2.31. The average Bonchev–Trinajstić information content (AvgIpc) is 2.64. The Morgan fingerprint density at radius 2 is 1.81 bits per heavy atom. The molecule has 0 aromatic heterocycles. The zero-order chi connectivity index (χ0) is 22.1. The number of aryl methyl sites for hydroxylation is 2. The molecule has 0 saturated carbocycles. The summed E-state index contributed by atoms with van der Waals surface area (Å²) in [6, 6.07) is 11.4. The van der Waals surface area contributed by atoms with Gasteiger partial charge in [0.25, 0.3) is 0 Å². The maximum atomic E-state index is 12.3. The van der Waals surface area contributed by atoms with Crippen molar-refractivity contribution < 1.29 is 14.4 Å². The molecule has 0 bridgehead atoms. The van der Waals surface area contributed by atoms with Gasteiger partial charge in [0.05, 0.1) is 12.0 Å². The van der Waals surface area contributed by atoms with E-state index < -0.39 is 5.92 Å². The van der Waals surface area contributed by atoms with Gasteiger partial charge in [0.1, 0.15) is 0 Å². The zero-order valence-corrected chi connectivity index (χ0v) is 18.3. The molecule has 4 amide bonds. The molecule has 2 aromatic rings. The number of hydrogen-bond acceptors (Lipinski definition) is 4. The largest absolute Gasteiger partial charge is 0.367 e. The number of carbonyl (C=O) groups is 3. The second-order valence-corrected chi connectivity index (χ2v) is 8.69. The summed E-state index contributed by atoms with van der Waals surface area (Å²) in [5.74, 6) is -0.942. The lowest BCUT2D eigenvalue weighted by molar-refractivity contribution is -0.134. The molecule has 8 heteroatoms. The molecule has 1 unspecified atom stereocenters. The third kappa shape index (κ3) is 4.82. The van der Waals surface area contributed by atoms with Crippen molar-refractivity contribution in [2.24, 2.45) is 0 Å². The van der Waals surface area contributed by atoms with E-state index in [2.05, 4.69) is 26.9 Å². The first-order valence-electron chi connectivity index (χ1n) is 10.3. The Kier molecular flexibility index (Phi) is 5.87. The summed E-state index contributed by atoms with van der Waals surface area (Å²) in [6.45, 7) is 5.34. The van der Waals surface area contributed by atoms with Crippen LogP contribution in [0.15, 0.2) is 36.4 Å². The van der Waals surface area contributed by atoms with Gasteiger partial charge in [0.2, 0.25) is 11.8 Å². The fourth-order valence-corrected chi connectivity index (χ4v) is 4.47. The summed E-state index contributed by atoms with van der Waals surface area (Å²) in [4.78, 5) is 37.9. The predicted molar refractivity (Wildman–Crippen MR) is 121 cm³/mol. The van der Waals surface area contributed by atoms with Gasteiger partial charge in [-0.05, 0) is 61.2 Å². The minimum atomic E-state index is -0.404. The summed E-state index contributed by atoms with van der Waals surface area (Å²) in [6.07, 6.45) is 0.785. The summed E-state index contributed by atoms with van der Waals surface area (Å²) >= 11 is 6.45. The number of nitrogens with one attached hydrogen (secondary N) is 3. The Balaban J connectivity index is 1.31. The first kappa shape index (κ1) is 21.2. The number of piperidine rings is 1. The van der Waals surface area contributed by atoms with Crippen LogP contribution in [0.25, 0.3) is 0 Å². The van der Waals surface area contributed by atoms with E-state index in [1.807, 2.05) is 44.2 Å². The van der Waals surface area contributed by atoms with E-state index in [4.69, 9.17) is 11.6 Å². The lowest BCUT2D eigenvalue weighted by Gasteiger charge is -2.41. The number of anilines is 2. The molecule has 4 rings (SSSR count). The lowest BCUT2D eigenvalue weighted by atomic mass is 9.90. The molecule has 1 atom stereocenters. The predicted octanol–water partition coefficient (Wildman–Crippen LogP) is 3.49. The van der Waals surface area contributed by atoms with Gasteiger partial charge in [0, 0.05) is 35.9 Å². The number of carbonyl (C=O) groups excluding carboxylic acids is 3. The van der Waals surface area contributed by atoms with E-state index in [0.717, 1.165) is 28.1 Å². The second-order valence-electron chi connectivity index (χ2n) is 8.29. The number of rotatable bonds is 4. The molecule has 3 N–H and O–H groups in total. The van der Waals surface area contributed by atoms with Crippen LogP contribution in [0.2, 0.25) is 5.02 Å². The lowest BCUT2D eigenvalue weighted by Crippen LogP contribution is -2.60. The number of hydrogen-bond donors (Lipinski definition) is 3. The van der Waals surface area contributed by atoms with Crippen LogP contribution in [0.1, 0.15) is 35.4 Å². The minimum Gasteiger partial charge on any atom is -0.367 e. The van der Waals surface area contributed by atoms with Crippen LogP contribution >= 0.6 is 11.6 Å². The van der Waals surface area contributed by atoms with Crippen molar-refractivity contribution in [1.29, 1.82) is 0 Å². The van der Waals surface area contributed by atoms with Gasteiger partial charge < -0.3 is 15.5 Å². The van der Waals surface area contributed by atoms with Gasteiger partial charge in [-0.25, -0.2) is 4.79 Å². The fraction of sp³-hybridized carbons (Fsp3) is 0.348. The number of nitrogens with zero attached hydrogens (tertiary/aromatic N) is 1. The highest BCUT2D eigenvalue weighted by atomic mass is 35.5. The molecule has 0 radical (unpaired) electrons. The standard InChI is InChI=1S/C23H25ClN4O3/c1-13-7-14(2)9-15(8-13)25-23(31)26-16-11-28(12-16)17-3-4-18(20(24)10-17)19-5-6-21(29)27-22(19)30/h3-4,7-10,16,19H,5-6,11-12H2,1-2H3,(H2,25,26,31)(H,27,29,30). The van der Waals surface area contributed by atoms with Crippen LogP contribution < -0.4 is 20.9 Å². The van der Waals surface area contributed by atoms with Crippen molar-refractivity contribution in [2.45, 2.75) is 38.6 Å². The molecule has 7 nitrogen and oxygen atoms in total. The maximum Gasteiger partial charge on any atom is 0.319 e. The van der Waals surface area contributed by atoms with Crippen molar-refractivity contribution in [3.63, 3.8) is 0 Å². The Hall–Kier alpha value is -3.06. The topological polar surface area (TPSA) is 90.5 Å². The molecule has 2 heterocycles. The van der Waals surface area contributed by atoms with E-state index in [9.17, 15) is 14.4 Å². The molecule has 2 aliphatic heterocycles. The number of benzene rings is 2. The van der Waals surface area contributed by atoms with Crippen LogP contribution in [0, 0.1) is 13.8 Å². The molecule has 31 heavy (non-hydrogen) atoms. The average molecular weight is 441 g/mol. The Labute approximate surface area is 186 Å². The summed E-state index contributed by atoms with van der Waals surface area (Å²) in [7, 11) is 0. The summed E-state index contributed by atoms with van der Waals surface area (Å²) in [5, 5.41) is 8.75. The number of urea groups is 1. The van der Waals surface area contributed by atoms with Gasteiger partial charge >= 0.3 is 6.03 Å². The first-order chi connectivity index (χ1) is 14.8. The number of amides is 4. The van der Waals surface area contributed by atoms with Crippen molar-refractivity contribution in [3.8, 4) is 0 Å². The van der Waals surface area contributed by atoms with Gasteiger partial charge in [-0.2, -0.15) is 0 Å². The highest BCUT2D eigenvalue weighted by molar-refractivity contribution is 6.32. The summed E-state index contributed by atoms with van der Waals surface area (Å²) < 4.78 is 0. The van der Waals surface area contributed by atoms with E-state index in [1.165, 1.54) is 0 Å². The van der Waals surface area contributed by atoms with Crippen molar-refractivity contribution >= 4 is 40.8 Å². The van der Waals surface area contributed by atoms with E-state index >= 15 is 0 Å². The van der Waals surface area contributed by atoms with Crippen molar-refractivity contribution in [3.05, 3.63) is 58.1 Å². The van der Waals surface area contributed by atoms with E-state index in [0.29, 0.717) is 31.0 Å². The molecule has 2 fully saturated rings. The maximum absolute atomic E-state index is 12.3. The molecule has 2 aliphatic rings. The third-order valence-corrected chi connectivity index (χ3v) is 5.99. The van der Waals surface area contributed by atoms with Crippen LogP contribution in [0.3, 0.4) is 0 Å². The first-order valence-corrected chi connectivity index (χ1v) is 10.7. The summed E-state index contributed by atoms with van der Waals surface area (Å²) in [5.41, 5.74) is 4.65. The van der Waals surface area contributed by atoms with Gasteiger partial charge in [0.15, 0.2) is 0 Å². The van der Waals surface area contributed by atoms with E-state index in [1.54, 1.807) is 0 Å². The monoisotopic (exact) mass is 440 g/mol. The normalized spacial score (nSPS) is 18.9. The van der Waals surface area contributed by atoms with Crippen molar-refractivity contribution in [2.75, 3.05) is 23.3 Å². The smallest absolute Gasteiger partial charge is 0.319 e. The minimum absolute atomic E-state index is 0.0412. The Morgan fingerprint density at radius 3 is 2.45 bits per heavy atom. The van der Waals surface area contributed by atoms with Crippen LogP contribution in [0.4, 0.5) is 16.2 Å². The molecule has 0 spiro atoms. The number of imide groups is 1. The molecule has 0 aliphatic carbocycles. The zero-order valence-electron chi connectivity index (χ0n) is 17.5. The Morgan fingerprint density at radius 1 is 1.10 bits per heavy atom. The molecular formula is C23H25ClN4O3. The SMILES string of the molecule is Cc1cc(C)cc(NC(=O)NC2CN(c3ccc(C4CCC(=O)NC4=O)c(Cl)c3)C2)c1. The van der Waals surface area contributed by atoms with E-state index in [-0.39, 0.29) is 23.9 Å². The van der Waals surface area contributed by atoms with Gasteiger partial charge in [-0.3, -0.25) is 14.9 Å². The van der Waals surface area contributed by atoms with Gasteiger partial charge in [-0.15, -0.1) is 0 Å². The third-order valence-electron chi connectivity index (χ3n) is 5.66. The quantitative estimate of drug-likeness (QED) is 0.635. The molecule has 162 valence electrons. The van der Waals surface area contributed by atoms with Crippen LogP contribution in [-0.4, -0.2) is 37.0 Å². The fourth-order valence-electron chi connectivity index (χ4n) is 4.17. The number of halogens is 1. The van der Waals surface area contributed by atoms with Crippen LogP contribution in [0.5, 0.6) is 0 Å². The highest BCUT2D eigenvalue weighted by Crippen LogP contribution is 2.34. The Bertz CT molecular complexity index is 1030. The van der Waals surface area contributed by atoms with Crippen LogP contribution in [-0.2, 0) is 9.59 Å². The molecular weight excluding hydrogens is 416 g/mol. The van der Waals surface area contributed by atoms with Crippen molar-refractivity contribution in [1.82, 2.24) is 10.6 Å². The molecule has 2 aromatic carbocycles. The second kappa shape index (κ2) is 8.59.